The second kappa shape index (κ2) is 10.3. The van der Waals surface area contributed by atoms with Gasteiger partial charge in [0, 0.05) is 39.3 Å². The van der Waals surface area contributed by atoms with E-state index >= 15 is 0 Å². The quantitative estimate of drug-likeness (QED) is 0.764. The summed E-state index contributed by atoms with van der Waals surface area (Å²) in [6, 6.07) is 5.14. The molecule has 1 aliphatic rings. The molecule has 0 atom stereocenters. The summed E-state index contributed by atoms with van der Waals surface area (Å²) in [5.41, 5.74) is 0.887. The number of halogens is 2. The molecule has 134 valence electrons. The monoisotopic (exact) mass is 385 g/mol. The van der Waals surface area contributed by atoms with E-state index < -0.39 is 10.0 Å². The highest BCUT2D eigenvalue weighted by Gasteiger charge is 2.19. The Hall–Kier alpha value is -0.570. The van der Waals surface area contributed by atoms with E-state index in [-0.39, 0.29) is 29.7 Å². The number of ether oxygens (including phenoxy) is 1. The van der Waals surface area contributed by atoms with Crippen molar-refractivity contribution in [1.29, 1.82) is 0 Å². The normalized spacial score (nSPS) is 15.4. The predicted octanol–water partition coefficient (Wildman–Crippen LogP) is 1.03. The van der Waals surface area contributed by atoms with E-state index in [4.69, 9.17) is 4.74 Å². The first-order chi connectivity index (χ1) is 10.0. The van der Waals surface area contributed by atoms with Gasteiger partial charge in [-0.1, -0.05) is 6.07 Å². The minimum absolute atomic E-state index is 0. The van der Waals surface area contributed by atoms with Gasteiger partial charge in [-0.15, -0.1) is 24.8 Å². The Bertz CT molecular complexity index is 579. The lowest BCUT2D eigenvalue weighted by Crippen LogP contribution is -2.46. The van der Waals surface area contributed by atoms with Gasteiger partial charge in [0.05, 0.1) is 7.11 Å². The number of benzene rings is 1. The molecule has 0 amide bonds. The molecule has 0 radical (unpaired) electrons. The maximum absolute atomic E-state index is 12.4. The Balaban J connectivity index is 0.00000242. The molecule has 0 aliphatic carbocycles. The fourth-order valence-corrected chi connectivity index (χ4v) is 3.62. The van der Waals surface area contributed by atoms with E-state index in [0.717, 1.165) is 38.3 Å². The summed E-state index contributed by atoms with van der Waals surface area (Å²) in [7, 11) is -2.07. The average molecular weight is 386 g/mol. The first kappa shape index (κ1) is 22.4. The molecule has 0 saturated carbocycles. The lowest BCUT2D eigenvalue weighted by molar-refractivity contribution is 0.245. The highest BCUT2D eigenvalue weighted by atomic mass is 35.5. The third-order valence-electron chi connectivity index (χ3n) is 3.54. The van der Waals surface area contributed by atoms with Crippen LogP contribution < -0.4 is 14.8 Å². The summed E-state index contributed by atoms with van der Waals surface area (Å²) < 4.78 is 32.6. The van der Waals surface area contributed by atoms with Gasteiger partial charge in [0.15, 0.2) is 0 Å². The van der Waals surface area contributed by atoms with E-state index in [1.165, 1.54) is 7.11 Å². The molecule has 1 saturated heterocycles. The molecular weight excluding hydrogens is 361 g/mol. The number of hydrogen-bond acceptors (Lipinski definition) is 5. The standard InChI is InChI=1S/C14H23N3O3S.2ClH/c1-12-3-4-13(20-2)14(11-12)21(18,19)16-7-10-17-8-5-15-6-9-17;;/h3-4,11,15-16H,5-10H2,1-2H3;2*1H. The number of aryl methyl sites for hydroxylation is 1. The Labute approximate surface area is 150 Å². The number of nitrogens with one attached hydrogen (secondary N) is 2. The highest BCUT2D eigenvalue weighted by molar-refractivity contribution is 7.89. The van der Waals surface area contributed by atoms with Gasteiger partial charge < -0.3 is 10.1 Å². The van der Waals surface area contributed by atoms with Crippen LogP contribution in [0, 0.1) is 6.92 Å². The molecule has 2 N–H and O–H groups in total. The van der Waals surface area contributed by atoms with Crippen LogP contribution in [0.15, 0.2) is 23.1 Å². The highest BCUT2D eigenvalue weighted by Crippen LogP contribution is 2.24. The van der Waals surface area contributed by atoms with Crippen molar-refractivity contribution in [2.24, 2.45) is 0 Å². The lowest BCUT2D eigenvalue weighted by atomic mass is 10.2. The zero-order valence-electron chi connectivity index (χ0n) is 13.4. The van der Waals surface area contributed by atoms with Crippen LogP contribution in [0.4, 0.5) is 0 Å². The summed E-state index contributed by atoms with van der Waals surface area (Å²) in [4.78, 5) is 2.44. The second-order valence-corrected chi connectivity index (χ2v) is 6.88. The van der Waals surface area contributed by atoms with Gasteiger partial charge in [-0.05, 0) is 24.6 Å². The fourth-order valence-electron chi connectivity index (χ4n) is 2.34. The fraction of sp³-hybridized carbons (Fsp3) is 0.571. The van der Waals surface area contributed by atoms with Crippen molar-refractivity contribution in [3.63, 3.8) is 0 Å². The summed E-state index contributed by atoms with van der Waals surface area (Å²) >= 11 is 0. The molecule has 9 heteroatoms. The minimum atomic E-state index is -3.54. The molecule has 0 aromatic heterocycles. The van der Waals surface area contributed by atoms with Crippen LogP contribution >= 0.6 is 24.8 Å². The SMILES string of the molecule is COc1ccc(C)cc1S(=O)(=O)NCCN1CCNCC1.Cl.Cl. The van der Waals surface area contributed by atoms with Crippen LogP contribution in [0.1, 0.15) is 5.56 Å². The van der Waals surface area contributed by atoms with E-state index in [1.807, 2.05) is 13.0 Å². The van der Waals surface area contributed by atoms with Crippen LogP contribution in [0.5, 0.6) is 5.75 Å². The Morgan fingerprint density at radius 1 is 1.26 bits per heavy atom. The summed E-state index contributed by atoms with van der Waals surface area (Å²) in [5.74, 6) is 0.371. The minimum Gasteiger partial charge on any atom is -0.495 e. The van der Waals surface area contributed by atoms with Gasteiger partial charge in [0.25, 0.3) is 0 Å². The second-order valence-electron chi connectivity index (χ2n) is 5.14. The van der Waals surface area contributed by atoms with Crippen molar-refractivity contribution in [2.75, 3.05) is 46.4 Å². The van der Waals surface area contributed by atoms with Crippen LogP contribution in [0.3, 0.4) is 0 Å². The molecule has 0 unspecified atom stereocenters. The van der Waals surface area contributed by atoms with Crippen molar-refractivity contribution in [3.8, 4) is 5.75 Å². The Kier molecular flexibility index (Phi) is 10.1. The molecule has 6 nitrogen and oxygen atoms in total. The van der Waals surface area contributed by atoms with Crippen LogP contribution in [0.25, 0.3) is 0 Å². The van der Waals surface area contributed by atoms with E-state index in [0.29, 0.717) is 12.3 Å². The Morgan fingerprint density at radius 3 is 2.52 bits per heavy atom. The molecular formula is C14H25Cl2N3O3S. The summed E-state index contributed by atoms with van der Waals surface area (Å²) in [6.45, 7) is 6.80. The topological polar surface area (TPSA) is 70.7 Å². The van der Waals surface area contributed by atoms with Crippen molar-refractivity contribution in [2.45, 2.75) is 11.8 Å². The van der Waals surface area contributed by atoms with Gasteiger partial charge in [0.2, 0.25) is 10.0 Å². The number of sulfonamides is 1. The molecule has 1 aromatic rings. The molecule has 0 bridgehead atoms. The molecule has 2 rings (SSSR count). The van der Waals surface area contributed by atoms with Crippen molar-refractivity contribution in [1.82, 2.24) is 14.9 Å². The van der Waals surface area contributed by atoms with Crippen molar-refractivity contribution in [3.05, 3.63) is 23.8 Å². The number of rotatable bonds is 6. The summed E-state index contributed by atoms with van der Waals surface area (Å²) in [6.07, 6.45) is 0. The number of hydrogen-bond donors (Lipinski definition) is 2. The van der Waals surface area contributed by atoms with Crippen LogP contribution in [0.2, 0.25) is 0 Å². The van der Waals surface area contributed by atoms with Crippen molar-refractivity contribution < 1.29 is 13.2 Å². The maximum atomic E-state index is 12.4. The Morgan fingerprint density at radius 2 is 1.91 bits per heavy atom. The van der Waals surface area contributed by atoms with E-state index in [2.05, 4.69) is 14.9 Å². The summed E-state index contributed by atoms with van der Waals surface area (Å²) in [5, 5.41) is 3.27. The number of piperazine rings is 1. The molecule has 0 spiro atoms. The zero-order chi connectivity index (χ0) is 15.3. The molecule has 23 heavy (non-hydrogen) atoms. The third kappa shape index (κ3) is 6.45. The van der Waals surface area contributed by atoms with Gasteiger partial charge in [-0.2, -0.15) is 0 Å². The maximum Gasteiger partial charge on any atom is 0.244 e. The van der Waals surface area contributed by atoms with Crippen LogP contribution in [-0.2, 0) is 10.0 Å². The average Bonchev–Trinajstić information content (AvgIpc) is 2.48. The molecule has 1 aliphatic heterocycles. The van der Waals surface area contributed by atoms with E-state index in [9.17, 15) is 8.42 Å². The zero-order valence-corrected chi connectivity index (χ0v) is 15.8. The predicted molar refractivity (Wildman–Crippen MR) is 96.7 cm³/mol. The smallest absolute Gasteiger partial charge is 0.244 e. The van der Waals surface area contributed by atoms with Crippen LogP contribution in [-0.4, -0.2) is 59.7 Å². The van der Waals surface area contributed by atoms with Crippen molar-refractivity contribution >= 4 is 34.8 Å². The van der Waals surface area contributed by atoms with Gasteiger partial charge in [-0.3, -0.25) is 4.90 Å². The first-order valence-electron chi connectivity index (χ1n) is 7.10. The van der Waals surface area contributed by atoms with E-state index in [1.54, 1.807) is 12.1 Å². The number of nitrogens with zero attached hydrogens (tertiary/aromatic N) is 1. The first-order valence-corrected chi connectivity index (χ1v) is 8.58. The largest absolute Gasteiger partial charge is 0.495 e. The van der Waals surface area contributed by atoms with Gasteiger partial charge >= 0.3 is 0 Å². The molecule has 1 heterocycles. The molecule has 1 aromatic carbocycles. The van der Waals surface area contributed by atoms with Gasteiger partial charge in [0.1, 0.15) is 10.6 Å². The number of methoxy groups -OCH3 is 1. The third-order valence-corrected chi connectivity index (χ3v) is 5.02. The lowest BCUT2D eigenvalue weighted by Gasteiger charge is -2.27. The molecule has 1 fully saturated rings. The van der Waals surface area contributed by atoms with Gasteiger partial charge in [-0.25, -0.2) is 13.1 Å².